The molecule has 0 aromatic carbocycles. The van der Waals surface area contributed by atoms with Gasteiger partial charge in [-0.15, -0.1) is 10.2 Å². The number of aromatic nitrogens is 3. The van der Waals surface area contributed by atoms with Gasteiger partial charge in [-0.05, 0) is 0 Å². The normalized spacial score (nSPS) is 15.6. The molecule has 2 heterocycles. The van der Waals surface area contributed by atoms with Crippen molar-refractivity contribution in [1.29, 1.82) is 0 Å². The van der Waals surface area contributed by atoms with E-state index in [2.05, 4.69) is 21.5 Å². The molecule has 1 aliphatic heterocycles. The summed E-state index contributed by atoms with van der Waals surface area (Å²) >= 11 is 0. The van der Waals surface area contributed by atoms with Crippen molar-refractivity contribution in [3.05, 3.63) is 12.2 Å². The molecule has 1 aromatic heterocycles. The largest absolute Gasteiger partial charge is 0.204 e. The maximum Gasteiger partial charge on any atom is 0.154 e. The van der Waals surface area contributed by atoms with Gasteiger partial charge in [-0.1, -0.05) is 0 Å². The van der Waals surface area contributed by atoms with E-state index < -0.39 is 0 Å². The van der Waals surface area contributed by atoms with Crippen LogP contribution in [-0.4, -0.2) is 21.1 Å². The topological polar surface area (TPSA) is 43.1 Å². The molecule has 0 N–H and O–H groups in total. The van der Waals surface area contributed by atoms with Gasteiger partial charge in [0.25, 0.3) is 0 Å². The van der Waals surface area contributed by atoms with Crippen LogP contribution in [0.25, 0.3) is 0 Å². The van der Waals surface area contributed by atoms with Gasteiger partial charge in [0.1, 0.15) is 6.33 Å². The zero-order valence-electron chi connectivity index (χ0n) is 4.78. The van der Waals surface area contributed by atoms with Crippen molar-refractivity contribution in [1.82, 2.24) is 14.9 Å². The standard InChI is InChI=1S/C5H5N4/c1-2-5-8-6-4-9(5)7-3-1/h4H,1-2H2. The van der Waals surface area contributed by atoms with Crippen molar-refractivity contribution >= 4 is 6.21 Å². The maximum atomic E-state index is 3.89. The molecule has 1 aliphatic rings. The number of aryl methyl sites for hydroxylation is 1. The fourth-order valence-corrected chi connectivity index (χ4v) is 0.796. The smallest absolute Gasteiger partial charge is 0.154 e. The van der Waals surface area contributed by atoms with E-state index in [0.29, 0.717) is 0 Å². The molecule has 4 heteroatoms. The fraction of sp³-hybridized carbons (Fsp3) is 0.400. The molecule has 0 saturated heterocycles. The number of hydrogen-bond donors (Lipinski definition) is 0. The molecule has 0 spiro atoms. The molecule has 0 amide bonds. The molecule has 0 unspecified atom stereocenters. The van der Waals surface area contributed by atoms with Crippen molar-refractivity contribution in [2.45, 2.75) is 12.8 Å². The van der Waals surface area contributed by atoms with Crippen LogP contribution in [0.15, 0.2) is 11.4 Å². The van der Waals surface area contributed by atoms with Gasteiger partial charge < -0.3 is 0 Å². The second kappa shape index (κ2) is 1.65. The summed E-state index contributed by atoms with van der Waals surface area (Å²) in [5.74, 6) is 0.925. The molecule has 9 heavy (non-hydrogen) atoms. The Morgan fingerprint density at radius 2 is 2.67 bits per heavy atom. The molecule has 1 aromatic rings. The third-order valence-corrected chi connectivity index (χ3v) is 1.24. The van der Waals surface area contributed by atoms with Gasteiger partial charge >= 0.3 is 0 Å². The first-order chi connectivity index (χ1) is 4.47. The van der Waals surface area contributed by atoms with E-state index in [0.717, 1.165) is 18.7 Å². The molecular weight excluding hydrogens is 116 g/mol. The van der Waals surface area contributed by atoms with Crippen LogP contribution in [0.4, 0.5) is 0 Å². The second-order valence-electron chi connectivity index (χ2n) is 1.85. The molecule has 2 rings (SSSR count). The SMILES string of the molecule is [C]1=Nn2cnnc2CC1. The van der Waals surface area contributed by atoms with Gasteiger partial charge in [-0.3, -0.25) is 0 Å². The second-order valence-corrected chi connectivity index (χ2v) is 1.85. The van der Waals surface area contributed by atoms with Crippen molar-refractivity contribution < 1.29 is 0 Å². The molecular formula is C5H5N4. The third-order valence-electron chi connectivity index (χ3n) is 1.24. The minimum atomic E-state index is 0.860. The Morgan fingerprint density at radius 3 is 3.56 bits per heavy atom. The summed E-state index contributed by atoms with van der Waals surface area (Å²) in [5, 5.41) is 11.4. The Balaban J connectivity index is 2.53. The van der Waals surface area contributed by atoms with Crippen LogP contribution in [0.3, 0.4) is 0 Å². The number of rotatable bonds is 0. The number of nitrogens with zero attached hydrogens (tertiary/aromatic N) is 4. The lowest BCUT2D eigenvalue weighted by atomic mass is 10.3. The van der Waals surface area contributed by atoms with E-state index in [1.54, 1.807) is 11.0 Å². The third kappa shape index (κ3) is 0.630. The summed E-state index contributed by atoms with van der Waals surface area (Å²) in [6.07, 6.45) is 6.19. The first-order valence-corrected chi connectivity index (χ1v) is 2.79. The zero-order valence-corrected chi connectivity index (χ0v) is 4.78. The summed E-state index contributed by atoms with van der Waals surface area (Å²) < 4.78 is 1.64. The molecule has 0 saturated carbocycles. The molecule has 0 atom stereocenters. The highest BCUT2D eigenvalue weighted by atomic mass is 15.4. The van der Waals surface area contributed by atoms with Crippen LogP contribution in [0.5, 0.6) is 0 Å². The van der Waals surface area contributed by atoms with Gasteiger partial charge in [0, 0.05) is 12.8 Å². The average molecular weight is 121 g/mol. The van der Waals surface area contributed by atoms with Gasteiger partial charge in [-0.2, -0.15) is 5.10 Å². The summed E-state index contributed by atoms with van der Waals surface area (Å²) in [6, 6.07) is 0. The van der Waals surface area contributed by atoms with Crippen LogP contribution in [0.2, 0.25) is 0 Å². The first-order valence-electron chi connectivity index (χ1n) is 2.79. The molecule has 45 valence electrons. The molecule has 0 bridgehead atoms. The molecule has 0 aliphatic carbocycles. The highest BCUT2D eigenvalue weighted by molar-refractivity contribution is 5.58. The summed E-state index contributed by atoms with van der Waals surface area (Å²) in [6.45, 7) is 0. The number of fused-ring (bicyclic) bond motifs is 1. The number of hydrogen-bond acceptors (Lipinski definition) is 3. The van der Waals surface area contributed by atoms with Crippen LogP contribution < -0.4 is 0 Å². The van der Waals surface area contributed by atoms with Crippen LogP contribution >= 0.6 is 0 Å². The van der Waals surface area contributed by atoms with Gasteiger partial charge in [0.2, 0.25) is 0 Å². The van der Waals surface area contributed by atoms with E-state index >= 15 is 0 Å². The summed E-state index contributed by atoms with van der Waals surface area (Å²) in [7, 11) is 0. The fourth-order valence-electron chi connectivity index (χ4n) is 0.796. The monoisotopic (exact) mass is 121 g/mol. The van der Waals surface area contributed by atoms with Crippen molar-refractivity contribution in [2.75, 3.05) is 0 Å². The lowest BCUT2D eigenvalue weighted by molar-refractivity contribution is 0.741. The lowest BCUT2D eigenvalue weighted by Gasteiger charge is -2.00. The zero-order chi connectivity index (χ0) is 6.10. The van der Waals surface area contributed by atoms with Gasteiger partial charge in [0.05, 0.1) is 6.21 Å². The molecule has 0 fully saturated rings. The van der Waals surface area contributed by atoms with E-state index in [9.17, 15) is 0 Å². The van der Waals surface area contributed by atoms with Crippen LogP contribution in [0.1, 0.15) is 12.2 Å². The minimum absolute atomic E-state index is 0.860. The Morgan fingerprint density at radius 1 is 1.67 bits per heavy atom. The summed E-state index contributed by atoms with van der Waals surface area (Å²) in [4.78, 5) is 0. The Bertz CT molecular complexity index is 237. The lowest BCUT2D eigenvalue weighted by Crippen LogP contribution is -2.03. The van der Waals surface area contributed by atoms with Gasteiger partial charge in [0.15, 0.2) is 5.82 Å². The van der Waals surface area contributed by atoms with Crippen molar-refractivity contribution in [3.63, 3.8) is 0 Å². The van der Waals surface area contributed by atoms with E-state index in [-0.39, 0.29) is 0 Å². The first kappa shape index (κ1) is 4.67. The van der Waals surface area contributed by atoms with Gasteiger partial charge in [-0.25, -0.2) is 4.68 Å². The average Bonchev–Trinajstić information content (AvgIpc) is 2.33. The van der Waals surface area contributed by atoms with Crippen molar-refractivity contribution in [2.24, 2.45) is 5.10 Å². The predicted molar refractivity (Wildman–Crippen MR) is 31.2 cm³/mol. The predicted octanol–water partition coefficient (Wildman–Crippen LogP) is -0.0648. The Kier molecular flexibility index (Phi) is 0.855. The maximum absolute atomic E-state index is 3.89. The van der Waals surface area contributed by atoms with E-state index in [1.807, 2.05) is 0 Å². The van der Waals surface area contributed by atoms with Crippen LogP contribution in [0, 0.1) is 0 Å². The van der Waals surface area contributed by atoms with Crippen LogP contribution in [-0.2, 0) is 6.42 Å². The molecule has 1 radical (unpaired) electrons. The highest BCUT2D eigenvalue weighted by Crippen LogP contribution is 2.01. The van der Waals surface area contributed by atoms with E-state index in [1.165, 1.54) is 0 Å². The van der Waals surface area contributed by atoms with Crippen molar-refractivity contribution in [3.8, 4) is 0 Å². The molecule has 4 nitrogen and oxygen atoms in total. The van der Waals surface area contributed by atoms with E-state index in [4.69, 9.17) is 0 Å². The minimum Gasteiger partial charge on any atom is -0.204 e. The summed E-state index contributed by atoms with van der Waals surface area (Å²) in [5.41, 5.74) is 0. The Labute approximate surface area is 52.2 Å². The quantitative estimate of drug-likeness (QED) is 0.482. The Hall–Kier alpha value is -1.19. The highest BCUT2D eigenvalue weighted by Gasteiger charge is 2.04.